The molecule has 2 atom stereocenters. The Bertz CT molecular complexity index is 277. The molecular formula is C14H26N2O2. The largest absolute Gasteiger partial charge is 0.381 e. The molecule has 0 aromatic carbocycles. The van der Waals surface area contributed by atoms with Gasteiger partial charge in [0.2, 0.25) is 5.91 Å². The highest BCUT2D eigenvalue weighted by Crippen LogP contribution is 2.22. The topological polar surface area (TPSA) is 41.6 Å². The van der Waals surface area contributed by atoms with Crippen LogP contribution in [-0.2, 0) is 9.53 Å². The molecule has 2 saturated heterocycles. The van der Waals surface area contributed by atoms with Gasteiger partial charge >= 0.3 is 0 Å². The number of rotatable bonds is 3. The zero-order valence-electron chi connectivity index (χ0n) is 11.7. The lowest BCUT2D eigenvalue weighted by Gasteiger charge is -2.30. The predicted octanol–water partition coefficient (Wildman–Crippen LogP) is 1.26. The zero-order valence-corrected chi connectivity index (χ0v) is 11.7. The van der Waals surface area contributed by atoms with Crippen LogP contribution in [0.3, 0.4) is 0 Å². The summed E-state index contributed by atoms with van der Waals surface area (Å²) in [6.45, 7) is 5.81. The number of carbonyl (C=O) groups excluding carboxylic acids is 1. The third-order valence-corrected chi connectivity index (χ3v) is 4.31. The number of nitrogens with one attached hydrogen (secondary N) is 1. The van der Waals surface area contributed by atoms with Crippen LogP contribution in [0.1, 0.15) is 32.6 Å². The molecule has 2 aliphatic heterocycles. The highest BCUT2D eigenvalue weighted by molar-refractivity contribution is 5.82. The van der Waals surface area contributed by atoms with E-state index < -0.39 is 0 Å². The summed E-state index contributed by atoms with van der Waals surface area (Å²) in [5, 5.41) is 3.18. The van der Waals surface area contributed by atoms with Crippen LogP contribution >= 0.6 is 0 Å². The van der Waals surface area contributed by atoms with Crippen LogP contribution in [0.15, 0.2) is 0 Å². The summed E-state index contributed by atoms with van der Waals surface area (Å²) in [4.78, 5) is 14.5. The van der Waals surface area contributed by atoms with Gasteiger partial charge in [-0.05, 0) is 44.6 Å². The van der Waals surface area contributed by atoms with Gasteiger partial charge in [-0.3, -0.25) is 4.79 Å². The summed E-state index contributed by atoms with van der Waals surface area (Å²) >= 11 is 0. The van der Waals surface area contributed by atoms with E-state index in [0.29, 0.717) is 17.7 Å². The van der Waals surface area contributed by atoms with E-state index in [9.17, 15) is 4.79 Å². The third kappa shape index (κ3) is 3.45. The number of ether oxygens (including phenoxy) is 1. The van der Waals surface area contributed by atoms with E-state index >= 15 is 0 Å². The summed E-state index contributed by atoms with van der Waals surface area (Å²) in [7, 11) is 1.90. The molecule has 0 spiro atoms. The van der Waals surface area contributed by atoms with Crippen LogP contribution in [-0.4, -0.2) is 50.2 Å². The summed E-state index contributed by atoms with van der Waals surface area (Å²) in [6, 6.07) is 0.0161. The minimum atomic E-state index is 0.0161. The number of amides is 1. The maximum atomic E-state index is 12.4. The van der Waals surface area contributed by atoms with Crippen molar-refractivity contribution in [2.24, 2.45) is 11.8 Å². The second kappa shape index (κ2) is 6.53. The van der Waals surface area contributed by atoms with Crippen molar-refractivity contribution in [3.63, 3.8) is 0 Å². The number of likely N-dealkylation sites (tertiary alicyclic amines) is 1. The monoisotopic (exact) mass is 254 g/mol. The van der Waals surface area contributed by atoms with Crippen molar-refractivity contribution >= 4 is 5.91 Å². The summed E-state index contributed by atoms with van der Waals surface area (Å²) in [5.74, 6) is 1.56. The molecule has 1 amide bonds. The first-order chi connectivity index (χ1) is 8.70. The van der Waals surface area contributed by atoms with Crippen molar-refractivity contribution in [3.8, 4) is 0 Å². The van der Waals surface area contributed by atoms with Gasteiger partial charge in [0, 0.05) is 26.3 Å². The van der Waals surface area contributed by atoms with Crippen LogP contribution in [0.25, 0.3) is 0 Å². The highest BCUT2D eigenvalue weighted by atomic mass is 16.5. The number of nitrogens with zero attached hydrogens (tertiary/aromatic N) is 1. The first-order valence-corrected chi connectivity index (χ1v) is 7.24. The van der Waals surface area contributed by atoms with E-state index in [1.807, 2.05) is 7.05 Å². The summed E-state index contributed by atoms with van der Waals surface area (Å²) < 4.78 is 5.38. The van der Waals surface area contributed by atoms with Gasteiger partial charge in [-0.2, -0.15) is 0 Å². The van der Waals surface area contributed by atoms with Gasteiger partial charge in [0.25, 0.3) is 0 Å². The molecule has 0 bridgehead atoms. The van der Waals surface area contributed by atoms with Gasteiger partial charge in [0.05, 0.1) is 6.04 Å². The normalized spacial score (nSPS) is 31.4. The highest BCUT2D eigenvalue weighted by Gasteiger charge is 2.30. The lowest BCUT2D eigenvalue weighted by Crippen LogP contribution is -2.46. The molecule has 4 nitrogen and oxygen atoms in total. The van der Waals surface area contributed by atoms with Gasteiger partial charge in [-0.1, -0.05) is 6.92 Å². The standard InChI is InChI=1S/C14H26N2O2/c1-11-3-6-16(14(17)13(9-11)15-2)10-12-4-7-18-8-5-12/h11-13,15H,3-10H2,1-2H3. The van der Waals surface area contributed by atoms with Crippen LogP contribution < -0.4 is 5.32 Å². The first-order valence-electron chi connectivity index (χ1n) is 7.24. The number of carbonyl (C=O) groups is 1. The molecule has 2 rings (SSSR count). The quantitative estimate of drug-likeness (QED) is 0.824. The van der Waals surface area contributed by atoms with Crippen molar-refractivity contribution in [1.29, 1.82) is 0 Å². The fourth-order valence-electron chi connectivity index (χ4n) is 2.99. The SMILES string of the molecule is CNC1CC(C)CCN(CC2CCOCC2)C1=O. The Morgan fingerprint density at radius 2 is 2.06 bits per heavy atom. The van der Waals surface area contributed by atoms with E-state index in [2.05, 4.69) is 17.1 Å². The lowest BCUT2D eigenvalue weighted by molar-refractivity contribution is -0.133. The van der Waals surface area contributed by atoms with Crippen molar-refractivity contribution in [2.75, 3.05) is 33.4 Å². The predicted molar refractivity (Wildman–Crippen MR) is 71.4 cm³/mol. The molecule has 0 saturated carbocycles. The molecule has 0 aliphatic carbocycles. The van der Waals surface area contributed by atoms with Crippen molar-refractivity contribution in [2.45, 2.75) is 38.6 Å². The van der Waals surface area contributed by atoms with E-state index in [-0.39, 0.29) is 6.04 Å². The molecule has 0 aromatic heterocycles. The number of hydrogen-bond acceptors (Lipinski definition) is 3. The van der Waals surface area contributed by atoms with Crippen molar-refractivity contribution in [1.82, 2.24) is 10.2 Å². The van der Waals surface area contributed by atoms with Crippen molar-refractivity contribution < 1.29 is 9.53 Å². The number of likely N-dealkylation sites (N-methyl/N-ethyl adjacent to an activating group) is 1. The van der Waals surface area contributed by atoms with Crippen LogP contribution in [0.2, 0.25) is 0 Å². The zero-order chi connectivity index (χ0) is 13.0. The molecule has 2 heterocycles. The molecule has 4 heteroatoms. The van der Waals surface area contributed by atoms with Gasteiger partial charge in [0.1, 0.15) is 0 Å². The average Bonchev–Trinajstić information content (AvgIpc) is 2.53. The van der Waals surface area contributed by atoms with Crippen LogP contribution in [0.4, 0.5) is 0 Å². The second-order valence-electron chi connectivity index (χ2n) is 5.81. The first kappa shape index (κ1) is 13.8. The molecule has 104 valence electrons. The Morgan fingerprint density at radius 1 is 1.33 bits per heavy atom. The Hall–Kier alpha value is -0.610. The molecule has 2 aliphatic rings. The Balaban J connectivity index is 1.94. The fraction of sp³-hybridized carbons (Fsp3) is 0.929. The average molecular weight is 254 g/mol. The van der Waals surface area contributed by atoms with Gasteiger partial charge < -0.3 is 15.0 Å². The minimum Gasteiger partial charge on any atom is -0.381 e. The summed E-state index contributed by atoms with van der Waals surface area (Å²) in [5.41, 5.74) is 0. The number of hydrogen-bond donors (Lipinski definition) is 1. The molecular weight excluding hydrogens is 228 g/mol. The Kier molecular flexibility index (Phi) is 5.01. The molecule has 2 unspecified atom stereocenters. The minimum absolute atomic E-state index is 0.0161. The Labute approximate surface area is 110 Å². The molecule has 18 heavy (non-hydrogen) atoms. The van der Waals surface area contributed by atoms with E-state index in [0.717, 1.165) is 52.0 Å². The van der Waals surface area contributed by atoms with E-state index in [4.69, 9.17) is 4.74 Å². The smallest absolute Gasteiger partial charge is 0.239 e. The van der Waals surface area contributed by atoms with Gasteiger partial charge in [-0.15, -0.1) is 0 Å². The maximum absolute atomic E-state index is 12.4. The molecule has 0 aromatic rings. The van der Waals surface area contributed by atoms with Crippen LogP contribution in [0, 0.1) is 11.8 Å². The molecule has 1 N–H and O–H groups in total. The van der Waals surface area contributed by atoms with E-state index in [1.165, 1.54) is 0 Å². The molecule has 2 fully saturated rings. The van der Waals surface area contributed by atoms with E-state index in [1.54, 1.807) is 0 Å². The Morgan fingerprint density at radius 3 is 2.72 bits per heavy atom. The van der Waals surface area contributed by atoms with Crippen LogP contribution in [0.5, 0.6) is 0 Å². The lowest BCUT2D eigenvalue weighted by atomic mass is 9.99. The second-order valence-corrected chi connectivity index (χ2v) is 5.81. The summed E-state index contributed by atoms with van der Waals surface area (Å²) in [6.07, 6.45) is 4.31. The fourth-order valence-corrected chi connectivity index (χ4v) is 2.99. The third-order valence-electron chi connectivity index (χ3n) is 4.31. The maximum Gasteiger partial charge on any atom is 0.239 e. The van der Waals surface area contributed by atoms with Crippen molar-refractivity contribution in [3.05, 3.63) is 0 Å². The molecule has 0 radical (unpaired) electrons. The van der Waals surface area contributed by atoms with Gasteiger partial charge in [0.15, 0.2) is 0 Å². The van der Waals surface area contributed by atoms with Gasteiger partial charge in [-0.25, -0.2) is 0 Å².